The number of hydrogen-bond donors (Lipinski definition) is 1. The topological polar surface area (TPSA) is 97.2 Å². The van der Waals surface area contributed by atoms with Gasteiger partial charge >= 0.3 is 0 Å². The smallest absolute Gasteiger partial charge is 0.266 e. The minimum absolute atomic E-state index is 0.0409. The van der Waals surface area contributed by atoms with Crippen molar-refractivity contribution in [3.05, 3.63) is 77.0 Å². The van der Waals surface area contributed by atoms with E-state index in [4.69, 9.17) is 0 Å². The van der Waals surface area contributed by atoms with E-state index >= 15 is 0 Å². The maximum Gasteiger partial charge on any atom is 0.266 e. The van der Waals surface area contributed by atoms with E-state index in [1.807, 2.05) is 6.92 Å². The minimum atomic E-state index is -3.82. The van der Waals surface area contributed by atoms with Crippen LogP contribution in [0.2, 0.25) is 0 Å². The van der Waals surface area contributed by atoms with Crippen LogP contribution in [0.15, 0.2) is 75.6 Å². The van der Waals surface area contributed by atoms with Crippen molar-refractivity contribution in [3.63, 3.8) is 0 Å². The lowest BCUT2D eigenvalue weighted by molar-refractivity contribution is 0.597. The van der Waals surface area contributed by atoms with Crippen molar-refractivity contribution in [1.82, 2.24) is 19.4 Å². The summed E-state index contributed by atoms with van der Waals surface area (Å²) in [5.41, 5.74) is 1.77. The highest BCUT2D eigenvalue weighted by molar-refractivity contribution is 7.91. The Balaban J connectivity index is 1.91. The van der Waals surface area contributed by atoms with Crippen LogP contribution in [0.25, 0.3) is 27.6 Å². The molecular weight excluding hydrogens is 376 g/mol. The molecule has 138 valence electrons. The molecule has 0 radical (unpaired) electrons. The van der Waals surface area contributed by atoms with Gasteiger partial charge in [0.15, 0.2) is 5.65 Å². The molecule has 3 heterocycles. The third-order valence-electron chi connectivity index (χ3n) is 4.78. The molecule has 0 saturated heterocycles. The highest BCUT2D eigenvalue weighted by Crippen LogP contribution is 2.30. The van der Waals surface area contributed by atoms with Crippen LogP contribution in [0.4, 0.5) is 0 Å². The number of benzene rings is 2. The Bertz CT molecular complexity index is 1550. The van der Waals surface area contributed by atoms with Crippen LogP contribution in [-0.4, -0.2) is 27.8 Å². The summed E-state index contributed by atoms with van der Waals surface area (Å²) < 4.78 is 27.8. The first kappa shape index (κ1) is 16.6. The van der Waals surface area contributed by atoms with E-state index < -0.39 is 9.84 Å². The Morgan fingerprint density at radius 2 is 1.79 bits per heavy atom. The number of nitrogens with one attached hydrogen (secondary N) is 1. The first-order valence-corrected chi connectivity index (χ1v) is 10.0. The van der Waals surface area contributed by atoms with Crippen LogP contribution in [-0.2, 0) is 9.84 Å². The Morgan fingerprint density at radius 1 is 1.04 bits per heavy atom. The lowest BCUT2D eigenvalue weighted by Crippen LogP contribution is -2.16. The Kier molecular flexibility index (Phi) is 3.41. The van der Waals surface area contributed by atoms with Gasteiger partial charge in [-0.25, -0.2) is 22.8 Å². The highest BCUT2D eigenvalue weighted by atomic mass is 32.2. The van der Waals surface area contributed by atoms with Crippen molar-refractivity contribution < 1.29 is 8.42 Å². The Morgan fingerprint density at radius 3 is 2.57 bits per heavy atom. The van der Waals surface area contributed by atoms with Crippen LogP contribution in [0, 0.1) is 6.92 Å². The van der Waals surface area contributed by atoms with Gasteiger partial charge in [0.2, 0.25) is 9.84 Å². The summed E-state index contributed by atoms with van der Waals surface area (Å²) in [6.45, 7) is 1.89. The summed E-state index contributed by atoms with van der Waals surface area (Å²) in [4.78, 5) is 24.7. The van der Waals surface area contributed by atoms with Crippen LogP contribution < -0.4 is 5.56 Å². The van der Waals surface area contributed by atoms with Crippen molar-refractivity contribution in [2.24, 2.45) is 0 Å². The fourth-order valence-electron chi connectivity index (χ4n) is 3.31. The molecule has 0 aliphatic carbocycles. The zero-order valence-corrected chi connectivity index (χ0v) is 15.6. The van der Waals surface area contributed by atoms with Gasteiger partial charge in [0.25, 0.3) is 5.56 Å². The predicted octanol–water partition coefficient (Wildman–Crippen LogP) is 2.87. The van der Waals surface area contributed by atoms with E-state index in [0.717, 1.165) is 5.56 Å². The van der Waals surface area contributed by atoms with Gasteiger partial charge < -0.3 is 4.98 Å². The minimum Gasteiger partial charge on any atom is -0.345 e. The molecule has 0 spiro atoms. The van der Waals surface area contributed by atoms with E-state index in [1.54, 1.807) is 48.5 Å². The molecule has 3 aromatic heterocycles. The third-order valence-corrected chi connectivity index (χ3v) is 6.57. The van der Waals surface area contributed by atoms with Gasteiger partial charge in [0, 0.05) is 6.20 Å². The molecule has 0 fully saturated rings. The largest absolute Gasteiger partial charge is 0.345 e. The van der Waals surface area contributed by atoms with Crippen LogP contribution in [0.3, 0.4) is 0 Å². The standard InChI is InChI=1S/C20H14N4O3S/c1-12-6-8-13(9-7-12)28(26,27)16-10-21-18-17(16)19-23-15-5-3-2-4-14(15)20(25)24(19)11-22-18/h2-11,21H,1H3. The van der Waals surface area contributed by atoms with Crippen molar-refractivity contribution in [1.29, 1.82) is 0 Å². The Hall–Kier alpha value is -3.52. The fourth-order valence-corrected chi connectivity index (χ4v) is 4.73. The Labute approximate surface area is 159 Å². The van der Waals surface area contributed by atoms with Gasteiger partial charge in [-0.15, -0.1) is 0 Å². The number of H-pyrrole nitrogens is 1. The van der Waals surface area contributed by atoms with Gasteiger partial charge in [0.05, 0.1) is 21.2 Å². The van der Waals surface area contributed by atoms with Gasteiger partial charge in [0.1, 0.15) is 16.9 Å². The zero-order chi connectivity index (χ0) is 19.5. The van der Waals surface area contributed by atoms with E-state index in [9.17, 15) is 13.2 Å². The lowest BCUT2D eigenvalue weighted by atomic mass is 10.2. The normalized spacial score (nSPS) is 12.2. The van der Waals surface area contributed by atoms with Crippen molar-refractivity contribution in [2.75, 3.05) is 0 Å². The summed E-state index contributed by atoms with van der Waals surface area (Å²) in [7, 11) is -3.82. The molecule has 0 amide bonds. The molecular formula is C20H14N4O3S. The van der Waals surface area contributed by atoms with Gasteiger partial charge in [-0.05, 0) is 31.2 Å². The van der Waals surface area contributed by atoms with Gasteiger partial charge in [-0.2, -0.15) is 0 Å². The molecule has 0 bridgehead atoms. The van der Waals surface area contributed by atoms with Crippen molar-refractivity contribution >= 4 is 37.4 Å². The molecule has 5 rings (SSSR count). The number of rotatable bonds is 2. The monoisotopic (exact) mass is 390 g/mol. The first-order valence-electron chi connectivity index (χ1n) is 8.56. The molecule has 0 aliphatic rings. The van der Waals surface area contributed by atoms with Crippen LogP contribution in [0.5, 0.6) is 0 Å². The molecule has 2 aromatic carbocycles. The van der Waals surface area contributed by atoms with E-state index in [-0.39, 0.29) is 21.0 Å². The second-order valence-corrected chi connectivity index (χ2v) is 8.48. The number of aryl methyl sites for hydroxylation is 1. The number of aromatic nitrogens is 4. The highest BCUT2D eigenvalue weighted by Gasteiger charge is 2.25. The number of aromatic amines is 1. The number of nitrogens with zero attached hydrogens (tertiary/aromatic N) is 3. The third kappa shape index (κ3) is 2.28. The fraction of sp³-hybridized carbons (Fsp3) is 0.0500. The van der Waals surface area contributed by atoms with E-state index in [2.05, 4.69) is 15.0 Å². The molecule has 8 heteroatoms. The molecule has 7 nitrogen and oxygen atoms in total. The number of para-hydroxylation sites is 1. The average molecular weight is 390 g/mol. The quantitative estimate of drug-likeness (QED) is 0.468. The van der Waals surface area contributed by atoms with E-state index in [1.165, 1.54) is 16.9 Å². The average Bonchev–Trinajstić information content (AvgIpc) is 3.14. The summed E-state index contributed by atoms with van der Waals surface area (Å²) in [6.07, 6.45) is 2.76. The second-order valence-electron chi connectivity index (χ2n) is 6.57. The second kappa shape index (κ2) is 5.74. The summed E-state index contributed by atoms with van der Waals surface area (Å²) in [5.74, 6) is 0. The van der Waals surface area contributed by atoms with Gasteiger partial charge in [-0.3, -0.25) is 4.79 Å². The summed E-state index contributed by atoms with van der Waals surface area (Å²) in [5, 5.41) is 0.741. The molecule has 28 heavy (non-hydrogen) atoms. The number of fused-ring (bicyclic) bond motifs is 4. The SMILES string of the molecule is Cc1ccc(S(=O)(=O)c2c[nH]c3ncn4c(=O)c5ccccc5nc4c23)cc1. The zero-order valence-electron chi connectivity index (χ0n) is 14.7. The molecule has 0 unspecified atom stereocenters. The lowest BCUT2D eigenvalue weighted by Gasteiger charge is -2.07. The molecule has 0 aliphatic heterocycles. The molecule has 1 N–H and O–H groups in total. The molecule has 0 saturated carbocycles. The summed E-state index contributed by atoms with van der Waals surface area (Å²) in [6, 6.07) is 13.6. The number of sulfone groups is 1. The number of hydrogen-bond acceptors (Lipinski definition) is 5. The molecule has 5 aromatic rings. The van der Waals surface area contributed by atoms with Crippen molar-refractivity contribution in [3.8, 4) is 0 Å². The predicted molar refractivity (Wildman–Crippen MR) is 105 cm³/mol. The van der Waals surface area contributed by atoms with Crippen LogP contribution in [0.1, 0.15) is 5.56 Å². The first-order chi connectivity index (χ1) is 13.5. The summed E-state index contributed by atoms with van der Waals surface area (Å²) >= 11 is 0. The van der Waals surface area contributed by atoms with Gasteiger partial charge in [-0.1, -0.05) is 29.8 Å². The maximum atomic E-state index is 13.2. The maximum absolute atomic E-state index is 13.2. The van der Waals surface area contributed by atoms with E-state index in [0.29, 0.717) is 21.9 Å². The van der Waals surface area contributed by atoms with Crippen molar-refractivity contribution in [2.45, 2.75) is 16.7 Å². The molecule has 0 atom stereocenters. The van der Waals surface area contributed by atoms with Crippen LogP contribution >= 0.6 is 0 Å².